The zero-order valence-electron chi connectivity index (χ0n) is 19.9. The molecule has 182 valence electrons. The monoisotopic (exact) mass is 496 g/mol. The highest BCUT2D eigenvalue weighted by Crippen LogP contribution is 2.41. The average Bonchev–Trinajstić information content (AvgIpc) is 3.29. The molecule has 2 saturated heterocycles. The number of benzene rings is 1. The van der Waals surface area contributed by atoms with Gasteiger partial charge in [-0.1, -0.05) is 0 Å². The number of hydrogen-bond donors (Lipinski definition) is 0. The summed E-state index contributed by atoms with van der Waals surface area (Å²) >= 11 is 1.38. The van der Waals surface area contributed by atoms with E-state index in [9.17, 15) is 9.18 Å². The number of ether oxygens (including phenoxy) is 3. The minimum Gasteiger partial charge on any atom is -0.470 e. The van der Waals surface area contributed by atoms with Crippen LogP contribution in [-0.2, 0) is 9.47 Å². The maximum absolute atomic E-state index is 14.9. The number of thiophene rings is 1. The predicted octanol–water partition coefficient (Wildman–Crippen LogP) is 4.69. The van der Waals surface area contributed by atoms with E-state index in [1.54, 1.807) is 17.9 Å². The minimum atomic E-state index is -0.569. The normalized spacial score (nSPS) is 21.7. The second-order valence-electron chi connectivity index (χ2n) is 9.87. The average molecular weight is 497 g/mol. The highest BCUT2D eigenvalue weighted by Gasteiger charge is 2.47. The van der Waals surface area contributed by atoms with Gasteiger partial charge in [-0.25, -0.2) is 19.2 Å². The fraction of sp³-hybridized carbons (Fsp3) is 0.440. The summed E-state index contributed by atoms with van der Waals surface area (Å²) in [5, 5.41) is 11.0. The van der Waals surface area contributed by atoms with Gasteiger partial charge in [-0.3, -0.25) is 0 Å². The summed E-state index contributed by atoms with van der Waals surface area (Å²) in [6.07, 6.45) is 0.474. The van der Waals surface area contributed by atoms with Gasteiger partial charge in [-0.2, -0.15) is 5.26 Å². The number of halogens is 1. The Hall–Kier alpha value is -3.29. The lowest BCUT2D eigenvalue weighted by Gasteiger charge is -2.36. The van der Waals surface area contributed by atoms with Crippen molar-refractivity contribution in [2.75, 3.05) is 19.7 Å². The van der Waals surface area contributed by atoms with Gasteiger partial charge < -0.3 is 19.1 Å². The van der Waals surface area contributed by atoms with Gasteiger partial charge in [0.05, 0.1) is 30.3 Å². The molecule has 3 aromatic rings. The number of nitrogens with zero attached hydrogens (tertiary/aromatic N) is 4. The first kappa shape index (κ1) is 23.5. The van der Waals surface area contributed by atoms with E-state index in [0.717, 1.165) is 0 Å². The Morgan fingerprint density at radius 1 is 1.31 bits per heavy atom. The van der Waals surface area contributed by atoms with E-state index in [2.05, 4.69) is 9.97 Å². The van der Waals surface area contributed by atoms with Crippen LogP contribution in [0.4, 0.5) is 9.18 Å². The lowest BCUT2D eigenvalue weighted by Crippen LogP contribution is -2.53. The smallest absolute Gasteiger partial charge is 0.410 e. The van der Waals surface area contributed by atoms with Crippen LogP contribution < -0.4 is 4.74 Å². The Morgan fingerprint density at radius 2 is 2.11 bits per heavy atom. The van der Waals surface area contributed by atoms with Gasteiger partial charge in [0.1, 0.15) is 34.7 Å². The van der Waals surface area contributed by atoms with Crippen molar-refractivity contribution in [3.8, 4) is 23.1 Å². The van der Waals surface area contributed by atoms with Crippen molar-refractivity contribution in [3.63, 3.8) is 0 Å². The predicted molar refractivity (Wildman–Crippen MR) is 128 cm³/mol. The minimum absolute atomic E-state index is 0.0241. The van der Waals surface area contributed by atoms with Crippen molar-refractivity contribution in [2.45, 2.75) is 45.5 Å². The Kier molecular flexibility index (Phi) is 5.85. The van der Waals surface area contributed by atoms with E-state index in [1.165, 1.54) is 23.7 Å². The Balaban J connectivity index is 1.40. The number of fused-ring (bicyclic) bond motifs is 3. The Labute approximate surface area is 206 Å². The first-order chi connectivity index (χ1) is 16.6. The largest absolute Gasteiger partial charge is 0.470 e. The lowest BCUT2D eigenvalue weighted by molar-refractivity contribution is -0.0181. The number of carbonyl (C=O) groups excluding carboxylic acids is 1. The van der Waals surface area contributed by atoms with Crippen LogP contribution in [0, 0.1) is 30.0 Å². The molecule has 5 rings (SSSR count). The van der Waals surface area contributed by atoms with Crippen molar-refractivity contribution in [1.29, 1.82) is 5.26 Å². The molecule has 2 aliphatic rings. The molecule has 2 bridgehead atoms. The third kappa shape index (κ3) is 4.42. The number of aryl methyl sites for hydroxylation is 1. The van der Waals surface area contributed by atoms with Crippen LogP contribution in [0.3, 0.4) is 0 Å². The zero-order valence-corrected chi connectivity index (χ0v) is 20.7. The zero-order chi connectivity index (χ0) is 24.9. The molecule has 0 N–H and O–H groups in total. The van der Waals surface area contributed by atoms with Crippen molar-refractivity contribution < 1.29 is 23.4 Å². The molecule has 4 heterocycles. The van der Waals surface area contributed by atoms with Crippen LogP contribution >= 0.6 is 11.3 Å². The van der Waals surface area contributed by atoms with E-state index in [-0.39, 0.29) is 29.8 Å². The quantitative estimate of drug-likeness (QED) is 0.519. The van der Waals surface area contributed by atoms with Gasteiger partial charge in [-0.15, -0.1) is 11.3 Å². The van der Waals surface area contributed by atoms with E-state index in [0.29, 0.717) is 52.5 Å². The topological polar surface area (TPSA) is 97.6 Å². The molecular weight excluding hydrogens is 471 g/mol. The molecule has 3 atom stereocenters. The number of piperidine rings is 1. The van der Waals surface area contributed by atoms with Gasteiger partial charge in [0.25, 0.3) is 0 Å². The summed E-state index contributed by atoms with van der Waals surface area (Å²) in [7, 11) is 0. The summed E-state index contributed by atoms with van der Waals surface area (Å²) in [5.41, 5.74) is 2.00. The molecule has 35 heavy (non-hydrogen) atoms. The standard InChI is InChI=1S/C25H25FN4O4S/c1-13-5-14(7-27)6-17(26)19(13)16-11-35-22-20(16)28-12-29-23(22)33-21-15-8-30(9-18(21)32-10-15)24(31)34-25(2,3)4/h5-6,11-12,15,18,21H,8-10H2,1-4H3. The van der Waals surface area contributed by atoms with Gasteiger partial charge in [0.2, 0.25) is 5.88 Å². The SMILES string of the molecule is Cc1cc(C#N)cc(F)c1-c1csc2c(OC3C4COC3CN(C(=O)OC(C)(C)C)C4)ncnc12. The molecule has 1 aromatic carbocycles. The van der Waals surface area contributed by atoms with Gasteiger partial charge in [0, 0.05) is 29.0 Å². The van der Waals surface area contributed by atoms with Gasteiger partial charge in [0.15, 0.2) is 0 Å². The third-order valence-electron chi connectivity index (χ3n) is 6.12. The molecule has 0 saturated carbocycles. The van der Waals surface area contributed by atoms with E-state index in [4.69, 9.17) is 19.5 Å². The first-order valence-corrected chi connectivity index (χ1v) is 12.2. The molecule has 2 aliphatic heterocycles. The molecule has 0 aliphatic carbocycles. The van der Waals surface area contributed by atoms with Crippen molar-refractivity contribution >= 4 is 27.6 Å². The summed E-state index contributed by atoms with van der Waals surface area (Å²) in [5.74, 6) is -0.0820. The van der Waals surface area contributed by atoms with Crippen LogP contribution in [0.25, 0.3) is 21.3 Å². The molecular formula is C25H25FN4O4S. The number of aromatic nitrogens is 2. The highest BCUT2D eigenvalue weighted by atomic mass is 32.1. The second kappa shape index (κ2) is 8.73. The van der Waals surface area contributed by atoms with Crippen molar-refractivity contribution in [3.05, 3.63) is 40.8 Å². The maximum Gasteiger partial charge on any atom is 0.410 e. The number of rotatable bonds is 3. The van der Waals surface area contributed by atoms with E-state index < -0.39 is 11.4 Å². The van der Waals surface area contributed by atoms with Crippen LogP contribution in [0.5, 0.6) is 5.88 Å². The fourth-order valence-electron chi connectivity index (χ4n) is 4.65. The third-order valence-corrected chi connectivity index (χ3v) is 7.07. The summed E-state index contributed by atoms with van der Waals surface area (Å²) in [4.78, 5) is 23.0. The lowest BCUT2D eigenvalue weighted by atomic mass is 9.96. The molecule has 0 spiro atoms. The first-order valence-electron chi connectivity index (χ1n) is 11.3. The van der Waals surface area contributed by atoms with Crippen LogP contribution in [-0.4, -0.2) is 58.5 Å². The molecule has 8 nitrogen and oxygen atoms in total. The highest BCUT2D eigenvalue weighted by molar-refractivity contribution is 7.18. The fourth-order valence-corrected chi connectivity index (χ4v) is 5.59. The van der Waals surface area contributed by atoms with Gasteiger partial charge >= 0.3 is 6.09 Å². The van der Waals surface area contributed by atoms with Gasteiger partial charge in [-0.05, 0) is 45.4 Å². The van der Waals surface area contributed by atoms with Crippen molar-refractivity contribution in [2.24, 2.45) is 5.92 Å². The Morgan fingerprint density at radius 3 is 2.80 bits per heavy atom. The molecule has 2 aromatic heterocycles. The van der Waals surface area contributed by atoms with Crippen molar-refractivity contribution in [1.82, 2.24) is 14.9 Å². The van der Waals surface area contributed by atoms with E-state index >= 15 is 0 Å². The van der Waals surface area contributed by atoms with Crippen LogP contribution in [0.1, 0.15) is 31.9 Å². The second-order valence-corrected chi connectivity index (χ2v) is 10.7. The van der Waals surface area contributed by atoms with Crippen LogP contribution in [0.15, 0.2) is 23.8 Å². The summed E-state index contributed by atoms with van der Waals surface area (Å²) in [6, 6.07) is 4.88. The number of carbonyl (C=O) groups is 1. The number of likely N-dealkylation sites (tertiary alicyclic amines) is 1. The number of amides is 1. The van der Waals surface area contributed by atoms with Crippen LogP contribution in [0.2, 0.25) is 0 Å². The molecule has 0 radical (unpaired) electrons. The maximum atomic E-state index is 14.9. The molecule has 3 unspecified atom stereocenters. The summed E-state index contributed by atoms with van der Waals surface area (Å²) in [6.45, 7) is 8.61. The molecule has 1 amide bonds. The Bertz CT molecular complexity index is 1310. The number of nitriles is 1. The number of hydrogen-bond acceptors (Lipinski definition) is 8. The molecule has 10 heteroatoms. The van der Waals surface area contributed by atoms with E-state index in [1.807, 2.05) is 32.2 Å². The molecule has 2 fully saturated rings. The summed E-state index contributed by atoms with van der Waals surface area (Å²) < 4.78 is 33.4.